The maximum absolute atomic E-state index is 12.5. The fraction of sp³-hybridized carbons (Fsp3) is 0.0500. The average Bonchev–Trinajstić information content (AvgIpc) is 3.21. The number of carbonyl (C=O) groups excluding carboxylic acids is 3. The van der Waals surface area contributed by atoms with E-state index >= 15 is 0 Å². The molecular formula is C20H15ClN2O4S. The minimum atomic E-state index is -0.614. The molecule has 0 fully saturated rings. The maximum Gasteiger partial charge on any atom is 0.340 e. The van der Waals surface area contributed by atoms with Gasteiger partial charge in [-0.3, -0.25) is 9.59 Å². The number of esters is 1. The van der Waals surface area contributed by atoms with Crippen LogP contribution in [0.5, 0.6) is 0 Å². The Morgan fingerprint density at radius 2 is 1.82 bits per heavy atom. The van der Waals surface area contributed by atoms with E-state index in [1.54, 1.807) is 47.8 Å². The predicted octanol–water partition coefficient (Wildman–Crippen LogP) is 4.11. The maximum atomic E-state index is 12.5. The van der Waals surface area contributed by atoms with Crippen molar-refractivity contribution in [2.45, 2.75) is 6.61 Å². The molecule has 0 spiro atoms. The van der Waals surface area contributed by atoms with Crippen LogP contribution in [0.1, 0.15) is 36.0 Å². The van der Waals surface area contributed by atoms with Crippen LogP contribution in [0.4, 0.5) is 5.69 Å². The van der Waals surface area contributed by atoms with Crippen LogP contribution >= 0.6 is 22.9 Å². The SMILES string of the molecule is NC(=O)c1ccc(COC(=O)c2ccc(Cl)cc2NC(=O)c2cccs2)cc1. The van der Waals surface area contributed by atoms with Gasteiger partial charge in [0.25, 0.3) is 5.91 Å². The number of nitrogens with one attached hydrogen (secondary N) is 1. The number of amides is 2. The van der Waals surface area contributed by atoms with E-state index in [0.717, 1.165) is 0 Å². The summed E-state index contributed by atoms with van der Waals surface area (Å²) in [6.45, 7) is -0.00118. The quantitative estimate of drug-likeness (QED) is 0.593. The zero-order chi connectivity index (χ0) is 20.1. The van der Waals surface area contributed by atoms with Crippen molar-refractivity contribution in [3.05, 3.63) is 86.6 Å². The molecule has 142 valence electrons. The van der Waals surface area contributed by atoms with Crippen LogP contribution in [0, 0.1) is 0 Å². The highest BCUT2D eigenvalue weighted by Crippen LogP contribution is 2.24. The van der Waals surface area contributed by atoms with Gasteiger partial charge in [-0.2, -0.15) is 0 Å². The van der Waals surface area contributed by atoms with E-state index in [1.807, 2.05) is 0 Å². The molecule has 3 aromatic rings. The first-order valence-electron chi connectivity index (χ1n) is 8.14. The van der Waals surface area contributed by atoms with Crippen LogP contribution in [0.15, 0.2) is 60.0 Å². The summed E-state index contributed by atoms with van der Waals surface area (Å²) in [6.07, 6.45) is 0. The fourth-order valence-electron chi connectivity index (χ4n) is 2.38. The van der Waals surface area contributed by atoms with Crippen molar-refractivity contribution < 1.29 is 19.1 Å². The summed E-state index contributed by atoms with van der Waals surface area (Å²) in [6, 6.07) is 14.4. The number of ether oxygens (including phenoxy) is 1. The van der Waals surface area contributed by atoms with Gasteiger partial charge in [0, 0.05) is 10.6 Å². The first-order chi connectivity index (χ1) is 13.4. The summed E-state index contributed by atoms with van der Waals surface area (Å²) in [5.41, 5.74) is 6.70. The lowest BCUT2D eigenvalue weighted by Crippen LogP contribution is -2.15. The summed E-state index contributed by atoms with van der Waals surface area (Å²) < 4.78 is 5.32. The Labute approximate surface area is 169 Å². The van der Waals surface area contributed by atoms with E-state index in [1.165, 1.54) is 23.5 Å². The molecule has 0 radical (unpaired) electrons. The summed E-state index contributed by atoms with van der Waals surface area (Å²) in [5, 5.41) is 4.85. The standard InChI is InChI=1S/C20H15ClN2O4S/c21-14-7-8-15(16(10-14)23-19(25)17-2-1-9-28-17)20(26)27-11-12-3-5-13(6-4-12)18(22)24/h1-10H,11H2,(H2,22,24)(H,23,25). The number of rotatable bonds is 6. The number of benzene rings is 2. The van der Waals surface area contributed by atoms with E-state index in [2.05, 4.69) is 5.32 Å². The molecule has 0 aliphatic heterocycles. The van der Waals surface area contributed by atoms with E-state index in [-0.39, 0.29) is 23.8 Å². The third-order valence-corrected chi connectivity index (χ3v) is 4.91. The third kappa shape index (κ3) is 4.76. The Balaban J connectivity index is 1.72. The monoisotopic (exact) mass is 414 g/mol. The van der Waals surface area contributed by atoms with E-state index < -0.39 is 11.9 Å². The molecule has 0 saturated heterocycles. The molecule has 3 N–H and O–H groups in total. The van der Waals surface area contributed by atoms with Crippen LogP contribution in [0.2, 0.25) is 5.02 Å². The number of primary amides is 1. The Bertz CT molecular complexity index is 1020. The molecule has 1 aromatic heterocycles. The fourth-order valence-corrected chi connectivity index (χ4v) is 3.17. The zero-order valence-corrected chi connectivity index (χ0v) is 16.0. The van der Waals surface area contributed by atoms with Crippen molar-refractivity contribution in [3.8, 4) is 0 Å². The molecule has 0 aliphatic carbocycles. The van der Waals surface area contributed by atoms with Gasteiger partial charge >= 0.3 is 5.97 Å². The summed E-state index contributed by atoms with van der Waals surface area (Å²) in [7, 11) is 0. The number of nitrogens with two attached hydrogens (primary N) is 1. The van der Waals surface area contributed by atoms with Crippen molar-refractivity contribution in [1.82, 2.24) is 0 Å². The molecule has 28 heavy (non-hydrogen) atoms. The van der Waals surface area contributed by atoms with Gasteiger partial charge in [0.05, 0.1) is 16.1 Å². The average molecular weight is 415 g/mol. The molecular weight excluding hydrogens is 400 g/mol. The highest BCUT2D eigenvalue weighted by molar-refractivity contribution is 7.12. The second kappa shape index (κ2) is 8.69. The molecule has 0 aliphatic rings. The number of hydrogen-bond donors (Lipinski definition) is 2. The molecule has 0 unspecified atom stereocenters. The minimum absolute atomic E-state index is 0.00118. The van der Waals surface area contributed by atoms with Gasteiger partial charge in [0.1, 0.15) is 6.61 Å². The third-order valence-electron chi connectivity index (χ3n) is 3.80. The van der Waals surface area contributed by atoms with Crippen LogP contribution in [-0.4, -0.2) is 17.8 Å². The summed E-state index contributed by atoms with van der Waals surface area (Å²) in [4.78, 5) is 36.4. The minimum Gasteiger partial charge on any atom is -0.457 e. The zero-order valence-electron chi connectivity index (χ0n) is 14.5. The second-order valence-corrected chi connectivity index (χ2v) is 7.14. The molecule has 0 saturated carbocycles. The van der Waals surface area contributed by atoms with Crippen molar-refractivity contribution in [1.29, 1.82) is 0 Å². The number of anilines is 1. The molecule has 3 rings (SSSR count). The van der Waals surface area contributed by atoms with Gasteiger partial charge < -0.3 is 15.8 Å². The van der Waals surface area contributed by atoms with E-state index in [9.17, 15) is 14.4 Å². The van der Waals surface area contributed by atoms with Crippen molar-refractivity contribution >= 4 is 46.4 Å². The lowest BCUT2D eigenvalue weighted by molar-refractivity contribution is 0.0473. The number of halogens is 1. The van der Waals surface area contributed by atoms with Gasteiger partial charge in [0.15, 0.2) is 0 Å². The van der Waals surface area contributed by atoms with E-state index in [4.69, 9.17) is 22.1 Å². The first-order valence-corrected chi connectivity index (χ1v) is 9.40. The largest absolute Gasteiger partial charge is 0.457 e. The molecule has 6 nitrogen and oxygen atoms in total. The van der Waals surface area contributed by atoms with E-state index in [0.29, 0.717) is 21.0 Å². The van der Waals surface area contributed by atoms with Crippen LogP contribution < -0.4 is 11.1 Å². The number of hydrogen-bond acceptors (Lipinski definition) is 5. The summed E-state index contributed by atoms with van der Waals surface area (Å²) >= 11 is 7.29. The Kier molecular flexibility index (Phi) is 6.08. The highest BCUT2D eigenvalue weighted by atomic mass is 35.5. The molecule has 1 heterocycles. The second-order valence-electron chi connectivity index (χ2n) is 5.76. The van der Waals surface area contributed by atoms with Crippen molar-refractivity contribution in [2.75, 3.05) is 5.32 Å². The first kappa shape index (κ1) is 19.6. The van der Waals surface area contributed by atoms with Gasteiger partial charge in [-0.05, 0) is 47.3 Å². The lowest BCUT2D eigenvalue weighted by atomic mass is 10.1. The molecule has 0 bridgehead atoms. The van der Waals surface area contributed by atoms with Crippen molar-refractivity contribution in [2.24, 2.45) is 5.73 Å². The number of thiophene rings is 1. The smallest absolute Gasteiger partial charge is 0.340 e. The van der Waals surface area contributed by atoms with Crippen LogP contribution in [0.3, 0.4) is 0 Å². The molecule has 8 heteroatoms. The van der Waals surface area contributed by atoms with Crippen LogP contribution in [0.25, 0.3) is 0 Å². The molecule has 2 aromatic carbocycles. The van der Waals surface area contributed by atoms with Gasteiger partial charge in [-0.15, -0.1) is 11.3 Å². The molecule has 0 atom stereocenters. The van der Waals surface area contributed by atoms with Gasteiger partial charge in [-0.25, -0.2) is 4.79 Å². The molecule has 2 amide bonds. The Morgan fingerprint density at radius 1 is 1.07 bits per heavy atom. The number of carbonyl (C=O) groups is 3. The highest BCUT2D eigenvalue weighted by Gasteiger charge is 2.17. The Hall–Kier alpha value is -3.16. The van der Waals surface area contributed by atoms with Gasteiger partial charge in [0.2, 0.25) is 5.91 Å². The van der Waals surface area contributed by atoms with Crippen molar-refractivity contribution in [3.63, 3.8) is 0 Å². The van der Waals surface area contributed by atoms with Gasteiger partial charge in [-0.1, -0.05) is 29.8 Å². The summed E-state index contributed by atoms with van der Waals surface area (Å²) in [5.74, 6) is -1.48. The van der Waals surface area contributed by atoms with Crippen LogP contribution in [-0.2, 0) is 11.3 Å². The Morgan fingerprint density at radius 3 is 2.46 bits per heavy atom. The predicted molar refractivity (Wildman–Crippen MR) is 108 cm³/mol. The normalized spacial score (nSPS) is 10.3. The topological polar surface area (TPSA) is 98.5 Å². The lowest BCUT2D eigenvalue weighted by Gasteiger charge is -2.11.